The Morgan fingerprint density at radius 3 is 2.47 bits per heavy atom. The zero-order valence-electron chi connectivity index (χ0n) is 9.04. The van der Waals surface area contributed by atoms with Crippen molar-refractivity contribution in [3.05, 3.63) is 33.4 Å². The fourth-order valence-electron chi connectivity index (χ4n) is 2.06. The molecular weight excluding hydrogens is 299 g/mol. The van der Waals surface area contributed by atoms with Crippen LogP contribution in [0.5, 0.6) is 0 Å². The normalized spacial score (nSPS) is 19.9. The van der Waals surface area contributed by atoms with Crippen LogP contribution in [0.25, 0.3) is 0 Å². The van der Waals surface area contributed by atoms with Crippen molar-refractivity contribution in [1.29, 1.82) is 0 Å². The van der Waals surface area contributed by atoms with Gasteiger partial charge in [0, 0.05) is 9.99 Å². The Labute approximate surface area is 105 Å². The molecule has 2 rings (SSSR count). The van der Waals surface area contributed by atoms with Gasteiger partial charge < -0.3 is 5.11 Å². The Morgan fingerprint density at radius 1 is 1.33 bits per heavy atom. The van der Waals surface area contributed by atoms with E-state index in [9.17, 15) is 5.11 Å². The summed E-state index contributed by atoms with van der Waals surface area (Å²) in [5.41, 5.74) is 0.717. The molecule has 1 N–H and O–H groups in total. The maximum Gasteiger partial charge on any atom is 0.0662 e. The summed E-state index contributed by atoms with van der Waals surface area (Å²) in [4.78, 5) is 0. The maximum absolute atomic E-state index is 10.2. The summed E-state index contributed by atoms with van der Waals surface area (Å²) in [6.45, 7) is 1.96. The average molecular weight is 316 g/mol. The molecule has 1 atom stereocenters. The molecule has 1 aromatic carbocycles. The second-order valence-electron chi connectivity index (χ2n) is 4.95. The average Bonchev–Trinajstić information content (AvgIpc) is 2.91. The molecule has 0 aromatic heterocycles. The Bertz CT molecular complexity index is 325. The minimum atomic E-state index is -0.520. The van der Waals surface area contributed by atoms with Gasteiger partial charge in [0.05, 0.1) is 5.60 Å². The first kappa shape index (κ1) is 11.4. The molecule has 1 unspecified atom stereocenters. The van der Waals surface area contributed by atoms with Crippen LogP contribution in [0, 0.1) is 9.49 Å². The Kier molecular flexibility index (Phi) is 3.36. The van der Waals surface area contributed by atoms with Crippen LogP contribution in [0.3, 0.4) is 0 Å². The van der Waals surface area contributed by atoms with Gasteiger partial charge in [0.2, 0.25) is 0 Å². The van der Waals surface area contributed by atoms with E-state index in [0.29, 0.717) is 0 Å². The van der Waals surface area contributed by atoms with Crippen LogP contribution in [-0.2, 0) is 6.42 Å². The number of halogens is 1. The van der Waals surface area contributed by atoms with Crippen LogP contribution in [0.1, 0.15) is 31.7 Å². The maximum atomic E-state index is 10.2. The van der Waals surface area contributed by atoms with Crippen LogP contribution in [-0.4, -0.2) is 10.7 Å². The van der Waals surface area contributed by atoms with Gasteiger partial charge in [-0.25, -0.2) is 0 Å². The highest BCUT2D eigenvalue weighted by Crippen LogP contribution is 2.37. The second-order valence-corrected chi connectivity index (χ2v) is 6.19. The summed E-state index contributed by atoms with van der Waals surface area (Å²) >= 11 is 2.30. The summed E-state index contributed by atoms with van der Waals surface area (Å²) in [6, 6.07) is 8.43. The van der Waals surface area contributed by atoms with Crippen LogP contribution in [0.4, 0.5) is 0 Å². The summed E-state index contributed by atoms with van der Waals surface area (Å²) in [5.74, 6) is 0.781. The molecule has 0 radical (unpaired) electrons. The van der Waals surface area contributed by atoms with Crippen molar-refractivity contribution in [2.45, 2.75) is 38.2 Å². The van der Waals surface area contributed by atoms with E-state index >= 15 is 0 Å². The lowest BCUT2D eigenvalue weighted by atomic mass is 9.91. The smallest absolute Gasteiger partial charge is 0.0662 e. The van der Waals surface area contributed by atoms with E-state index < -0.39 is 5.60 Å². The molecule has 1 aliphatic rings. The first-order valence-electron chi connectivity index (χ1n) is 5.52. The Balaban J connectivity index is 1.96. The van der Waals surface area contributed by atoms with E-state index in [1.54, 1.807) is 0 Å². The molecule has 82 valence electrons. The molecule has 0 heterocycles. The van der Waals surface area contributed by atoms with Gasteiger partial charge in [-0.15, -0.1) is 0 Å². The topological polar surface area (TPSA) is 20.2 Å². The highest BCUT2D eigenvalue weighted by atomic mass is 127. The molecule has 0 saturated heterocycles. The molecule has 1 nitrogen and oxygen atoms in total. The van der Waals surface area contributed by atoms with Crippen LogP contribution >= 0.6 is 22.6 Å². The Hall–Kier alpha value is -0.0900. The van der Waals surface area contributed by atoms with Crippen molar-refractivity contribution in [2.75, 3.05) is 0 Å². The molecule has 1 aliphatic carbocycles. The fourth-order valence-corrected chi connectivity index (χ4v) is 2.42. The van der Waals surface area contributed by atoms with Crippen LogP contribution < -0.4 is 0 Å². The minimum Gasteiger partial charge on any atom is -0.390 e. The van der Waals surface area contributed by atoms with E-state index in [1.807, 2.05) is 6.92 Å². The van der Waals surface area contributed by atoms with Gasteiger partial charge in [-0.3, -0.25) is 0 Å². The molecule has 1 saturated carbocycles. The van der Waals surface area contributed by atoms with Gasteiger partial charge >= 0.3 is 0 Å². The summed E-state index contributed by atoms with van der Waals surface area (Å²) in [6.07, 6.45) is 4.35. The third kappa shape index (κ3) is 3.76. The standard InChI is InChI=1S/C13H17IO/c1-13(15,8-10-2-3-10)9-11-4-6-12(14)7-5-11/h4-7,10,15H,2-3,8-9H2,1H3. The van der Waals surface area contributed by atoms with Crippen molar-refractivity contribution in [2.24, 2.45) is 5.92 Å². The fraction of sp³-hybridized carbons (Fsp3) is 0.538. The molecule has 0 spiro atoms. The largest absolute Gasteiger partial charge is 0.390 e. The van der Waals surface area contributed by atoms with Gasteiger partial charge in [-0.1, -0.05) is 25.0 Å². The predicted molar refractivity (Wildman–Crippen MR) is 70.8 cm³/mol. The number of aliphatic hydroxyl groups is 1. The lowest BCUT2D eigenvalue weighted by Gasteiger charge is -2.23. The first-order chi connectivity index (χ1) is 7.05. The quantitative estimate of drug-likeness (QED) is 0.844. The van der Waals surface area contributed by atoms with Crippen molar-refractivity contribution in [3.8, 4) is 0 Å². The monoisotopic (exact) mass is 316 g/mol. The molecule has 15 heavy (non-hydrogen) atoms. The highest BCUT2D eigenvalue weighted by Gasteiger charge is 2.31. The highest BCUT2D eigenvalue weighted by molar-refractivity contribution is 14.1. The molecule has 1 fully saturated rings. The predicted octanol–water partition coefficient (Wildman–Crippen LogP) is 3.38. The lowest BCUT2D eigenvalue weighted by Crippen LogP contribution is -2.27. The van der Waals surface area contributed by atoms with Gasteiger partial charge in [0.25, 0.3) is 0 Å². The lowest BCUT2D eigenvalue weighted by molar-refractivity contribution is 0.0455. The Morgan fingerprint density at radius 2 is 1.93 bits per heavy atom. The van der Waals surface area contributed by atoms with E-state index in [2.05, 4.69) is 46.9 Å². The van der Waals surface area contributed by atoms with E-state index in [1.165, 1.54) is 22.0 Å². The van der Waals surface area contributed by atoms with Gasteiger partial charge in [-0.2, -0.15) is 0 Å². The van der Waals surface area contributed by atoms with Gasteiger partial charge in [0.15, 0.2) is 0 Å². The molecular formula is C13H17IO. The van der Waals surface area contributed by atoms with E-state index in [0.717, 1.165) is 18.8 Å². The van der Waals surface area contributed by atoms with Crippen molar-refractivity contribution in [1.82, 2.24) is 0 Å². The van der Waals surface area contributed by atoms with Crippen LogP contribution in [0.15, 0.2) is 24.3 Å². The zero-order chi connectivity index (χ0) is 10.9. The third-order valence-corrected chi connectivity index (χ3v) is 3.64. The van der Waals surface area contributed by atoms with E-state index in [-0.39, 0.29) is 0 Å². The minimum absolute atomic E-state index is 0.520. The molecule has 0 aliphatic heterocycles. The second kappa shape index (κ2) is 4.42. The molecule has 0 bridgehead atoms. The third-order valence-electron chi connectivity index (χ3n) is 2.92. The number of hydrogen-bond acceptors (Lipinski definition) is 1. The summed E-state index contributed by atoms with van der Waals surface area (Å²) in [7, 11) is 0. The molecule has 2 heteroatoms. The van der Waals surface area contributed by atoms with Crippen molar-refractivity contribution >= 4 is 22.6 Å². The number of benzene rings is 1. The zero-order valence-corrected chi connectivity index (χ0v) is 11.2. The SMILES string of the molecule is CC(O)(Cc1ccc(I)cc1)CC1CC1. The number of rotatable bonds is 4. The summed E-state index contributed by atoms with van der Waals surface area (Å²) in [5, 5.41) is 10.2. The van der Waals surface area contributed by atoms with Gasteiger partial charge in [-0.05, 0) is 59.5 Å². The van der Waals surface area contributed by atoms with E-state index in [4.69, 9.17) is 0 Å². The van der Waals surface area contributed by atoms with Crippen LogP contribution in [0.2, 0.25) is 0 Å². The molecule has 0 amide bonds. The summed E-state index contributed by atoms with van der Waals surface area (Å²) < 4.78 is 1.25. The molecule has 1 aromatic rings. The van der Waals surface area contributed by atoms with Crippen molar-refractivity contribution in [3.63, 3.8) is 0 Å². The van der Waals surface area contributed by atoms with Gasteiger partial charge in [0.1, 0.15) is 0 Å². The first-order valence-corrected chi connectivity index (χ1v) is 6.60. The van der Waals surface area contributed by atoms with Crippen molar-refractivity contribution < 1.29 is 5.11 Å². The number of hydrogen-bond donors (Lipinski definition) is 1.